The summed E-state index contributed by atoms with van der Waals surface area (Å²) < 4.78 is 5.61. The van der Waals surface area contributed by atoms with Crippen LogP contribution in [0.15, 0.2) is 0 Å². The molecule has 0 aromatic rings. The van der Waals surface area contributed by atoms with E-state index in [0.29, 0.717) is 0 Å². The van der Waals surface area contributed by atoms with Gasteiger partial charge in [0.05, 0.1) is 0 Å². The Morgan fingerprint density at radius 3 is 1.81 bits per heavy atom. The van der Waals surface area contributed by atoms with E-state index in [-0.39, 0.29) is 0 Å². The van der Waals surface area contributed by atoms with Crippen molar-refractivity contribution < 1.29 is 4.74 Å². The Balaban J connectivity index is 2.18. The van der Waals surface area contributed by atoms with E-state index in [1.165, 1.54) is 0 Å². The molecule has 1 N–H and O–H groups in total. The molecule has 1 rings (SSSR count). The van der Waals surface area contributed by atoms with Crippen molar-refractivity contribution in [3.63, 3.8) is 0 Å². The SMILES string of the molecule is CN1CCCOCCCN(C)CCNCC1. The van der Waals surface area contributed by atoms with Crippen LogP contribution in [0.4, 0.5) is 0 Å². The van der Waals surface area contributed by atoms with Gasteiger partial charge in [0.2, 0.25) is 0 Å². The maximum atomic E-state index is 5.61. The average molecular weight is 229 g/mol. The molecule has 1 saturated heterocycles. The van der Waals surface area contributed by atoms with Crippen LogP contribution in [0, 0.1) is 0 Å². The second-order valence-electron chi connectivity index (χ2n) is 4.68. The second-order valence-corrected chi connectivity index (χ2v) is 4.68. The molecule has 4 nitrogen and oxygen atoms in total. The average Bonchev–Trinajstić information content (AvgIpc) is 2.26. The molecule has 1 heterocycles. The van der Waals surface area contributed by atoms with E-state index in [2.05, 4.69) is 29.2 Å². The third-order valence-corrected chi connectivity index (χ3v) is 3.00. The molecule has 4 heteroatoms. The van der Waals surface area contributed by atoms with Gasteiger partial charge in [0.15, 0.2) is 0 Å². The summed E-state index contributed by atoms with van der Waals surface area (Å²) in [5.74, 6) is 0. The molecule has 0 unspecified atom stereocenters. The first-order chi connectivity index (χ1) is 7.79. The molecule has 0 bridgehead atoms. The van der Waals surface area contributed by atoms with Gasteiger partial charge < -0.3 is 19.9 Å². The molecule has 0 aromatic carbocycles. The van der Waals surface area contributed by atoms with Gasteiger partial charge in [0, 0.05) is 52.5 Å². The lowest BCUT2D eigenvalue weighted by atomic mass is 10.3. The minimum absolute atomic E-state index is 0.904. The van der Waals surface area contributed by atoms with E-state index < -0.39 is 0 Å². The highest BCUT2D eigenvalue weighted by atomic mass is 16.5. The van der Waals surface area contributed by atoms with Crippen LogP contribution in [0.5, 0.6) is 0 Å². The molecule has 0 spiro atoms. The minimum Gasteiger partial charge on any atom is -0.381 e. The molecular weight excluding hydrogens is 202 g/mol. The van der Waals surface area contributed by atoms with Crippen LogP contribution < -0.4 is 5.32 Å². The lowest BCUT2D eigenvalue weighted by Crippen LogP contribution is -2.35. The van der Waals surface area contributed by atoms with Gasteiger partial charge in [-0.3, -0.25) is 0 Å². The first-order valence-electron chi connectivity index (χ1n) is 6.44. The topological polar surface area (TPSA) is 27.7 Å². The maximum Gasteiger partial charge on any atom is 0.0478 e. The van der Waals surface area contributed by atoms with E-state index >= 15 is 0 Å². The van der Waals surface area contributed by atoms with Crippen molar-refractivity contribution in [1.29, 1.82) is 0 Å². The number of likely N-dealkylation sites (N-methyl/N-ethyl adjacent to an activating group) is 2. The third kappa shape index (κ3) is 7.17. The normalized spacial score (nSPS) is 25.1. The number of hydrogen-bond acceptors (Lipinski definition) is 4. The van der Waals surface area contributed by atoms with Crippen molar-refractivity contribution in [3.05, 3.63) is 0 Å². The van der Waals surface area contributed by atoms with Gasteiger partial charge in [0.25, 0.3) is 0 Å². The highest BCUT2D eigenvalue weighted by molar-refractivity contribution is 4.59. The summed E-state index contributed by atoms with van der Waals surface area (Å²) in [5, 5.41) is 3.49. The van der Waals surface area contributed by atoms with Crippen molar-refractivity contribution in [3.8, 4) is 0 Å². The Hall–Kier alpha value is -0.160. The highest BCUT2D eigenvalue weighted by Gasteiger charge is 2.01. The lowest BCUT2D eigenvalue weighted by molar-refractivity contribution is 0.113. The summed E-state index contributed by atoms with van der Waals surface area (Å²) in [6, 6.07) is 0. The van der Waals surface area contributed by atoms with E-state index in [1.54, 1.807) is 0 Å². The van der Waals surface area contributed by atoms with E-state index in [4.69, 9.17) is 4.74 Å². The van der Waals surface area contributed by atoms with Gasteiger partial charge in [-0.2, -0.15) is 0 Å². The first kappa shape index (κ1) is 13.9. The highest BCUT2D eigenvalue weighted by Crippen LogP contribution is 1.93. The van der Waals surface area contributed by atoms with Crippen molar-refractivity contribution in [2.24, 2.45) is 0 Å². The van der Waals surface area contributed by atoms with Gasteiger partial charge in [-0.1, -0.05) is 0 Å². The third-order valence-electron chi connectivity index (χ3n) is 3.00. The quantitative estimate of drug-likeness (QED) is 0.644. The Labute approximate surface area is 99.9 Å². The number of ether oxygens (including phenoxy) is 1. The van der Waals surface area contributed by atoms with Crippen LogP contribution in [-0.2, 0) is 4.74 Å². The van der Waals surface area contributed by atoms with Crippen LogP contribution in [0.2, 0.25) is 0 Å². The van der Waals surface area contributed by atoms with Crippen LogP contribution in [0.1, 0.15) is 12.8 Å². The van der Waals surface area contributed by atoms with Gasteiger partial charge in [-0.05, 0) is 26.9 Å². The predicted octanol–water partition coefficient (Wildman–Crippen LogP) is 0.250. The fourth-order valence-corrected chi connectivity index (χ4v) is 1.86. The zero-order valence-corrected chi connectivity index (χ0v) is 10.9. The number of rotatable bonds is 0. The summed E-state index contributed by atoms with van der Waals surface area (Å²) >= 11 is 0. The molecule has 0 atom stereocenters. The fourth-order valence-electron chi connectivity index (χ4n) is 1.86. The summed E-state index contributed by atoms with van der Waals surface area (Å²) in [6.45, 7) is 8.52. The van der Waals surface area contributed by atoms with E-state index in [0.717, 1.165) is 65.3 Å². The van der Waals surface area contributed by atoms with Crippen LogP contribution in [0.25, 0.3) is 0 Å². The molecule has 96 valence electrons. The minimum atomic E-state index is 0.904. The van der Waals surface area contributed by atoms with E-state index in [9.17, 15) is 0 Å². The monoisotopic (exact) mass is 229 g/mol. The Bertz CT molecular complexity index is 150. The number of nitrogens with zero attached hydrogens (tertiary/aromatic N) is 2. The first-order valence-corrected chi connectivity index (χ1v) is 6.44. The molecule has 0 amide bonds. The Kier molecular flexibility index (Phi) is 7.76. The molecule has 1 aliphatic rings. The smallest absolute Gasteiger partial charge is 0.0478 e. The standard InChI is InChI=1S/C12H27N3O/c1-14-7-3-11-16-12-4-8-15(2)10-6-13-5-9-14/h13H,3-12H2,1-2H3. The van der Waals surface area contributed by atoms with Crippen molar-refractivity contribution >= 4 is 0 Å². The molecular formula is C12H27N3O. The van der Waals surface area contributed by atoms with Crippen LogP contribution in [-0.4, -0.2) is 76.4 Å². The number of nitrogens with one attached hydrogen (secondary N) is 1. The van der Waals surface area contributed by atoms with Gasteiger partial charge >= 0.3 is 0 Å². The van der Waals surface area contributed by atoms with Crippen LogP contribution >= 0.6 is 0 Å². The largest absolute Gasteiger partial charge is 0.381 e. The van der Waals surface area contributed by atoms with Gasteiger partial charge in [-0.25, -0.2) is 0 Å². The van der Waals surface area contributed by atoms with Gasteiger partial charge in [-0.15, -0.1) is 0 Å². The lowest BCUT2D eigenvalue weighted by Gasteiger charge is -2.20. The number of hydrogen-bond donors (Lipinski definition) is 1. The van der Waals surface area contributed by atoms with Gasteiger partial charge in [0.1, 0.15) is 0 Å². The second kappa shape index (κ2) is 8.93. The fraction of sp³-hybridized carbons (Fsp3) is 1.00. The zero-order valence-electron chi connectivity index (χ0n) is 10.9. The Morgan fingerprint density at radius 2 is 1.31 bits per heavy atom. The van der Waals surface area contributed by atoms with Crippen molar-refractivity contribution in [2.45, 2.75) is 12.8 Å². The maximum absolute atomic E-state index is 5.61. The zero-order chi connectivity index (χ0) is 11.6. The van der Waals surface area contributed by atoms with E-state index in [1.807, 2.05) is 0 Å². The van der Waals surface area contributed by atoms with Crippen LogP contribution in [0.3, 0.4) is 0 Å². The molecule has 16 heavy (non-hydrogen) atoms. The summed E-state index contributed by atoms with van der Waals surface area (Å²) in [4.78, 5) is 4.73. The predicted molar refractivity (Wildman–Crippen MR) is 67.9 cm³/mol. The molecule has 0 saturated carbocycles. The molecule has 1 aliphatic heterocycles. The van der Waals surface area contributed by atoms with Crippen molar-refractivity contribution in [1.82, 2.24) is 15.1 Å². The van der Waals surface area contributed by atoms with Crippen molar-refractivity contribution in [2.75, 3.05) is 66.6 Å². The molecule has 0 aromatic heterocycles. The summed E-state index contributed by atoms with van der Waals surface area (Å²) in [7, 11) is 4.36. The Morgan fingerprint density at radius 1 is 0.812 bits per heavy atom. The molecule has 0 aliphatic carbocycles. The molecule has 1 fully saturated rings. The summed E-state index contributed by atoms with van der Waals surface area (Å²) in [6.07, 6.45) is 2.29. The summed E-state index contributed by atoms with van der Waals surface area (Å²) in [5.41, 5.74) is 0. The molecule has 0 radical (unpaired) electrons.